The van der Waals surface area contributed by atoms with Crippen LogP contribution in [0.1, 0.15) is 19.5 Å². The Morgan fingerprint density at radius 3 is 2.83 bits per heavy atom. The summed E-state index contributed by atoms with van der Waals surface area (Å²) in [5.74, 6) is 0.512. The average Bonchev–Trinajstić information content (AvgIpc) is 2.32. The second-order valence-corrected chi connectivity index (χ2v) is 5.00. The van der Waals surface area contributed by atoms with Crippen molar-refractivity contribution in [1.82, 2.24) is 15.3 Å². The third-order valence-corrected chi connectivity index (χ3v) is 3.21. The number of nitrogens with two attached hydrogens (primary N) is 1. The summed E-state index contributed by atoms with van der Waals surface area (Å²) in [6.07, 6.45) is 3.11. The summed E-state index contributed by atoms with van der Waals surface area (Å²) in [4.78, 5) is 22.4. The van der Waals surface area contributed by atoms with Gasteiger partial charge in [-0.2, -0.15) is 0 Å². The van der Waals surface area contributed by atoms with Crippen LogP contribution in [0, 0.1) is 0 Å². The molecule has 96 valence electrons. The molecule has 1 saturated heterocycles. The van der Waals surface area contributed by atoms with E-state index >= 15 is 0 Å². The Kier molecular flexibility index (Phi) is 3.16. The molecule has 0 atom stereocenters. The van der Waals surface area contributed by atoms with Crippen LogP contribution in [0.5, 0.6) is 0 Å². The molecule has 1 aromatic heterocycles. The first-order valence-electron chi connectivity index (χ1n) is 5.61. The predicted molar refractivity (Wildman–Crippen MR) is 72.4 cm³/mol. The number of nitrogens with one attached hydrogen (secondary N) is 1. The summed E-state index contributed by atoms with van der Waals surface area (Å²) in [5, 5.41) is 2.83. The first-order valence-corrected chi connectivity index (χ1v) is 6.02. The van der Waals surface area contributed by atoms with Crippen LogP contribution in [0.3, 0.4) is 0 Å². The number of carbonyl (C=O) groups excluding carboxylic acids is 1. The Labute approximate surface area is 111 Å². The van der Waals surface area contributed by atoms with E-state index in [9.17, 15) is 4.79 Å². The van der Waals surface area contributed by atoms with Gasteiger partial charge in [0.25, 0.3) is 0 Å². The van der Waals surface area contributed by atoms with Crippen molar-refractivity contribution in [1.29, 1.82) is 0 Å². The number of anilines is 1. The van der Waals surface area contributed by atoms with Gasteiger partial charge in [-0.1, -0.05) is 12.2 Å². The third-order valence-electron chi connectivity index (χ3n) is 3.02. The number of piperazine rings is 1. The second kappa shape index (κ2) is 4.49. The van der Waals surface area contributed by atoms with Crippen LogP contribution in [0.2, 0.25) is 0 Å². The predicted octanol–water partition coefficient (Wildman–Crippen LogP) is -0.174. The summed E-state index contributed by atoms with van der Waals surface area (Å²) < 4.78 is 0. The highest BCUT2D eigenvalue weighted by atomic mass is 32.1. The first-order chi connectivity index (χ1) is 8.44. The average molecular weight is 265 g/mol. The van der Waals surface area contributed by atoms with Crippen molar-refractivity contribution >= 4 is 28.9 Å². The van der Waals surface area contributed by atoms with E-state index < -0.39 is 5.54 Å². The maximum absolute atomic E-state index is 11.9. The maximum Gasteiger partial charge on any atom is 0.245 e. The minimum atomic E-state index is -0.701. The Morgan fingerprint density at radius 2 is 2.17 bits per heavy atom. The molecule has 0 spiro atoms. The molecule has 2 heterocycles. The van der Waals surface area contributed by atoms with Crippen molar-refractivity contribution in [2.75, 3.05) is 18.0 Å². The third kappa shape index (κ3) is 2.01. The van der Waals surface area contributed by atoms with Gasteiger partial charge in [0.15, 0.2) is 5.82 Å². The van der Waals surface area contributed by atoms with Gasteiger partial charge >= 0.3 is 0 Å². The van der Waals surface area contributed by atoms with E-state index in [-0.39, 0.29) is 10.9 Å². The number of hydrogen-bond donors (Lipinski definition) is 2. The van der Waals surface area contributed by atoms with Gasteiger partial charge in [0, 0.05) is 25.5 Å². The minimum Gasteiger partial charge on any atom is -0.388 e. The largest absolute Gasteiger partial charge is 0.388 e. The summed E-state index contributed by atoms with van der Waals surface area (Å²) in [7, 11) is 0. The fourth-order valence-corrected chi connectivity index (χ4v) is 2.12. The number of thiocarbonyl (C=S) groups is 1. The Hall–Kier alpha value is -1.76. The van der Waals surface area contributed by atoms with Gasteiger partial charge in [-0.25, -0.2) is 9.97 Å². The Morgan fingerprint density at radius 1 is 1.50 bits per heavy atom. The number of nitrogens with zero attached hydrogens (tertiary/aromatic N) is 3. The number of aromatic nitrogens is 2. The summed E-state index contributed by atoms with van der Waals surface area (Å²) >= 11 is 4.97. The second-order valence-electron chi connectivity index (χ2n) is 4.56. The molecule has 1 aliphatic heterocycles. The highest BCUT2D eigenvalue weighted by Gasteiger charge is 2.39. The van der Waals surface area contributed by atoms with Crippen LogP contribution >= 0.6 is 12.2 Å². The van der Waals surface area contributed by atoms with E-state index in [1.807, 2.05) is 18.7 Å². The van der Waals surface area contributed by atoms with Crippen molar-refractivity contribution < 1.29 is 4.79 Å². The molecular weight excluding hydrogens is 250 g/mol. The summed E-state index contributed by atoms with van der Waals surface area (Å²) in [6.45, 7) is 4.88. The van der Waals surface area contributed by atoms with Crippen molar-refractivity contribution in [3.05, 3.63) is 18.1 Å². The zero-order valence-corrected chi connectivity index (χ0v) is 11.1. The number of carbonyl (C=O) groups is 1. The van der Waals surface area contributed by atoms with Crippen LogP contribution in [0.15, 0.2) is 12.4 Å². The number of amides is 1. The Balaban J connectivity index is 2.48. The van der Waals surface area contributed by atoms with E-state index in [4.69, 9.17) is 18.0 Å². The van der Waals surface area contributed by atoms with Gasteiger partial charge in [-0.05, 0) is 13.8 Å². The molecule has 0 unspecified atom stereocenters. The van der Waals surface area contributed by atoms with Gasteiger partial charge in [0.1, 0.15) is 16.2 Å². The molecule has 1 aromatic rings. The molecule has 0 aliphatic carbocycles. The molecule has 3 N–H and O–H groups in total. The molecule has 1 amide bonds. The molecule has 2 rings (SSSR count). The zero-order valence-electron chi connectivity index (χ0n) is 10.3. The van der Waals surface area contributed by atoms with Gasteiger partial charge in [0.2, 0.25) is 5.91 Å². The molecule has 1 fully saturated rings. The van der Waals surface area contributed by atoms with E-state index in [1.54, 1.807) is 6.20 Å². The van der Waals surface area contributed by atoms with E-state index in [2.05, 4.69) is 15.3 Å². The van der Waals surface area contributed by atoms with Gasteiger partial charge < -0.3 is 16.0 Å². The van der Waals surface area contributed by atoms with Gasteiger partial charge in [-0.3, -0.25) is 4.79 Å². The van der Waals surface area contributed by atoms with Crippen LogP contribution < -0.4 is 16.0 Å². The molecule has 0 saturated carbocycles. The normalized spacial score (nSPS) is 18.3. The van der Waals surface area contributed by atoms with Crippen LogP contribution in [0.25, 0.3) is 0 Å². The number of rotatable bonds is 2. The molecule has 6 nitrogen and oxygen atoms in total. The van der Waals surface area contributed by atoms with Crippen molar-refractivity contribution in [2.45, 2.75) is 19.4 Å². The smallest absolute Gasteiger partial charge is 0.245 e. The van der Waals surface area contributed by atoms with Crippen LogP contribution in [-0.4, -0.2) is 39.5 Å². The molecule has 0 aromatic carbocycles. The van der Waals surface area contributed by atoms with Crippen molar-refractivity contribution in [3.63, 3.8) is 0 Å². The minimum absolute atomic E-state index is 0.0479. The fourth-order valence-electron chi connectivity index (χ4n) is 1.97. The van der Waals surface area contributed by atoms with Crippen molar-refractivity contribution in [2.24, 2.45) is 5.73 Å². The summed E-state index contributed by atoms with van der Waals surface area (Å²) in [6, 6.07) is 0. The van der Waals surface area contributed by atoms with Crippen molar-refractivity contribution in [3.8, 4) is 0 Å². The zero-order chi connectivity index (χ0) is 13.3. The molecule has 1 aliphatic rings. The number of hydrogen-bond acceptors (Lipinski definition) is 5. The lowest BCUT2D eigenvalue weighted by Crippen LogP contribution is -2.62. The van der Waals surface area contributed by atoms with E-state index in [0.717, 1.165) is 0 Å². The quantitative estimate of drug-likeness (QED) is 0.722. The van der Waals surface area contributed by atoms with E-state index in [1.165, 1.54) is 6.20 Å². The molecule has 0 radical (unpaired) electrons. The fraction of sp³-hybridized carbons (Fsp3) is 0.455. The van der Waals surface area contributed by atoms with Gasteiger partial charge in [-0.15, -0.1) is 0 Å². The molecule has 0 bridgehead atoms. The standard InChI is InChI=1S/C11H15N5OS/c1-11(2)10(17)15-5-6-16(11)9-7(8(12)18)13-3-4-14-9/h3-4H,5-6H2,1-2H3,(H2,12,18)(H,15,17). The Bertz CT molecular complexity index is 502. The molecule has 7 heteroatoms. The monoisotopic (exact) mass is 265 g/mol. The highest BCUT2D eigenvalue weighted by Crippen LogP contribution is 2.26. The molecule has 18 heavy (non-hydrogen) atoms. The van der Waals surface area contributed by atoms with Gasteiger partial charge in [0.05, 0.1) is 0 Å². The lowest BCUT2D eigenvalue weighted by Gasteiger charge is -2.42. The van der Waals surface area contributed by atoms with E-state index in [0.29, 0.717) is 24.6 Å². The van der Waals surface area contributed by atoms with Crippen LogP contribution in [0.4, 0.5) is 5.82 Å². The topological polar surface area (TPSA) is 84.1 Å². The highest BCUT2D eigenvalue weighted by molar-refractivity contribution is 7.80. The lowest BCUT2D eigenvalue weighted by molar-refractivity contribution is -0.126. The first kappa shape index (κ1) is 12.7. The SMILES string of the molecule is CC1(C)C(=O)NCCN1c1nccnc1C(N)=S. The maximum atomic E-state index is 11.9. The summed E-state index contributed by atoms with van der Waals surface area (Å²) in [5.41, 5.74) is 5.40. The van der Waals surface area contributed by atoms with Crippen LogP contribution in [-0.2, 0) is 4.79 Å². The molecular formula is C11H15N5OS. The lowest BCUT2D eigenvalue weighted by atomic mass is 9.98.